The fourth-order valence-corrected chi connectivity index (χ4v) is 13.3. The summed E-state index contributed by atoms with van der Waals surface area (Å²) in [6.45, 7) is 13.9. The van der Waals surface area contributed by atoms with Crippen molar-refractivity contribution in [3.63, 3.8) is 0 Å². The molecule has 0 aliphatic rings. The summed E-state index contributed by atoms with van der Waals surface area (Å²) >= 11 is 0. The van der Waals surface area contributed by atoms with Crippen LogP contribution in [0.5, 0.6) is 0 Å². The van der Waals surface area contributed by atoms with E-state index in [-0.39, 0.29) is 0 Å². The van der Waals surface area contributed by atoms with E-state index in [9.17, 15) is 0 Å². The van der Waals surface area contributed by atoms with Gasteiger partial charge in [-0.05, 0) is 254 Å². The fourth-order valence-electron chi connectivity index (χ4n) is 13.3. The van der Waals surface area contributed by atoms with Crippen LogP contribution in [0.4, 0.5) is 17.1 Å². The Labute approximate surface area is 425 Å². The minimum absolute atomic E-state index is 1.19. The quantitative estimate of drug-likeness (QED) is 0.150. The second kappa shape index (κ2) is 15.4. The zero-order valence-electron chi connectivity index (χ0n) is 42.0. The van der Waals surface area contributed by atoms with Crippen LogP contribution in [0.15, 0.2) is 200 Å². The van der Waals surface area contributed by atoms with Crippen LogP contribution in [0.25, 0.3) is 130 Å². The van der Waals surface area contributed by atoms with Crippen LogP contribution >= 0.6 is 0 Å². The van der Waals surface area contributed by atoms with Crippen molar-refractivity contribution in [3.8, 4) is 33.4 Å². The molecule has 1 heteroatoms. The Morgan fingerprint density at radius 1 is 0.205 bits per heavy atom. The van der Waals surface area contributed by atoms with Crippen LogP contribution < -0.4 is 4.90 Å². The highest BCUT2D eigenvalue weighted by Crippen LogP contribution is 2.49. The van der Waals surface area contributed by atoms with Crippen LogP contribution in [-0.4, -0.2) is 0 Å². The molecule has 0 spiro atoms. The number of nitrogens with zero attached hydrogens (tertiary/aromatic N) is 1. The molecule has 0 aliphatic carbocycles. The molecule has 73 heavy (non-hydrogen) atoms. The van der Waals surface area contributed by atoms with Crippen LogP contribution in [0.2, 0.25) is 0 Å². The van der Waals surface area contributed by atoms with Gasteiger partial charge in [-0.25, -0.2) is 0 Å². The van der Waals surface area contributed by atoms with Gasteiger partial charge in [-0.15, -0.1) is 0 Å². The van der Waals surface area contributed by atoms with Gasteiger partial charge in [0.1, 0.15) is 0 Å². The van der Waals surface area contributed by atoms with E-state index in [4.69, 9.17) is 0 Å². The van der Waals surface area contributed by atoms with Gasteiger partial charge in [0, 0.05) is 17.1 Å². The largest absolute Gasteiger partial charge is 0.310 e. The molecule has 15 rings (SSSR count). The van der Waals surface area contributed by atoms with Crippen molar-refractivity contribution in [2.45, 2.75) is 41.5 Å². The van der Waals surface area contributed by atoms with E-state index in [0.717, 1.165) is 0 Å². The number of benzene rings is 15. The Bertz CT molecular complexity index is 4580. The number of hydrogen-bond donors (Lipinski definition) is 0. The monoisotopic (exact) mass is 929 g/mol. The maximum absolute atomic E-state index is 2.58. The molecule has 0 saturated heterocycles. The maximum Gasteiger partial charge on any atom is 0.0494 e. The highest BCUT2D eigenvalue weighted by molar-refractivity contribution is 6.28. The van der Waals surface area contributed by atoms with E-state index in [1.807, 2.05) is 0 Å². The van der Waals surface area contributed by atoms with Gasteiger partial charge in [-0.2, -0.15) is 0 Å². The van der Waals surface area contributed by atoms with Gasteiger partial charge in [0.25, 0.3) is 0 Å². The van der Waals surface area contributed by atoms with Crippen LogP contribution in [0.1, 0.15) is 33.4 Å². The third-order valence-electron chi connectivity index (χ3n) is 16.8. The molecule has 0 N–H and O–H groups in total. The molecule has 0 unspecified atom stereocenters. The number of aryl methyl sites for hydroxylation is 6. The lowest BCUT2D eigenvalue weighted by atomic mass is 9.86. The second-order valence-electron chi connectivity index (χ2n) is 21.1. The topological polar surface area (TPSA) is 3.24 Å². The van der Waals surface area contributed by atoms with Crippen LogP contribution in [0.3, 0.4) is 0 Å². The molecule has 0 amide bonds. The lowest BCUT2D eigenvalue weighted by Crippen LogP contribution is -2.15. The van der Waals surface area contributed by atoms with E-state index in [0.29, 0.717) is 0 Å². The van der Waals surface area contributed by atoms with Crippen molar-refractivity contribution in [1.29, 1.82) is 0 Å². The molecule has 1 nitrogen and oxygen atoms in total. The van der Waals surface area contributed by atoms with Crippen molar-refractivity contribution in [2.75, 3.05) is 4.90 Å². The van der Waals surface area contributed by atoms with Crippen molar-refractivity contribution in [3.05, 3.63) is 234 Å². The van der Waals surface area contributed by atoms with Gasteiger partial charge in [-0.1, -0.05) is 152 Å². The zero-order valence-corrected chi connectivity index (χ0v) is 42.0. The summed E-state index contributed by atoms with van der Waals surface area (Å²) in [6.07, 6.45) is 0. The first kappa shape index (κ1) is 42.0. The molecule has 15 aromatic carbocycles. The lowest BCUT2D eigenvalue weighted by molar-refractivity contribution is 1.19. The molecule has 0 saturated carbocycles. The Kier molecular flexibility index (Phi) is 8.83. The summed E-state index contributed by atoms with van der Waals surface area (Å²) in [7, 11) is 0. The first-order chi connectivity index (χ1) is 35.7. The first-order valence-corrected chi connectivity index (χ1v) is 25.8. The normalized spacial score (nSPS) is 12.2. The lowest BCUT2D eigenvalue weighted by Gasteiger charge is -2.32. The first-order valence-electron chi connectivity index (χ1n) is 25.8. The molecule has 0 bridgehead atoms. The van der Waals surface area contributed by atoms with E-state index in [1.54, 1.807) is 0 Å². The van der Waals surface area contributed by atoms with Gasteiger partial charge < -0.3 is 4.90 Å². The summed E-state index contributed by atoms with van der Waals surface area (Å²) in [6, 6.07) is 76.3. The Morgan fingerprint density at radius 2 is 0.493 bits per heavy atom. The van der Waals surface area contributed by atoms with Crippen molar-refractivity contribution in [2.24, 2.45) is 0 Å². The third kappa shape index (κ3) is 6.03. The third-order valence-corrected chi connectivity index (χ3v) is 16.8. The van der Waals surface area contributed by atoms with Gasteiger partial charge in [0.05, 0.1) is 0 Å². The molecule has 15 aromatic rings. The van der Waals surface area contributed by atoms with E-state index < -0.39 is 0 Å². The van der Waals surface area contributed by atoms with Crippen LogP contribution in [0, 0.1) is 41.5 Å². The Morgan fingerprint density at radius 3 is 0.904 bits per heavy atom. The molecule has 0 radical (unpaired) electrons. The Hall–Kier alpha value is -8.78. The minimum Gasteiger partial charge on any atom is -0.310 e. The molecule has 0 atom stereocenters. The van der Waals surface area contributed by atoms with Crippen molar-refractivity contribution in [1.82, 2.24) is 0 Å². The maximum atomic E-state index is 2.58. The summed E-state index contributed by atoms with van der Waals surface area (Å²) in [5.41, 5.74) is 18.7. The fraction of sp³-hybridized carbons (Fsp3) is 0.0833. The zero-order chi connectivity index (χ0) is 49.0. The molecule has 0 aromatic heterocycles. The van der Waals surface area contributed by atoms with Gasteiger partial charge in [0.15, 0.2) is 0 Å². The van der Waals surface area contributed by atoms with Crippen molar-refractivity contribution >= 4 is 114 Å². The molecule has 0 fully saturated rings. The van der Waals surface area contributed by atoms with Gasteiger partial charge in [0.2, 0.25) is 0 Å². The highest BCUT2D eigenvalue weighted by Gasteiger charge is 2.25. The molecule has 0 heterocycles. The van der Waals surface area contributed by atoms with Gasteiger partial charge >= 0.3 is 0 Å². The summed E-state index contributed by atoms with van der Waals surface area (Å²) in [4.78, 5) is 2.58. The number of anilines is 3. The Balaban J connectivity index is 0.942. The molecule has 344 valence electrons. The summed E-state index contributed by atoms with van der Waals surface area (Å²) < 4.78 is 0. The molecular weight excluding hydrogens is 879 g/mol. The van der Waals surface area contributed by atoms with Crippen molar-refractivity contribution < 1.29 is 0 Å². The standard InChI is InChI=1S/C72H51N/c1-40-35-64(43(4)32-59(40)55-30-28-52-27-24-46-12-7-13-49-29-31-58(55)72(52)67(46)49)73(65-36-41(2)60(33-44(65)5)62-38-53-18-8-14-47-22-25-50-16-10-20-56(62)70(50)68(47)53)66-37-42(3)61(34-45(66)6)63-39-54-19-9-15-48-23-26-51-17-11-21-57(63)71(51)69(48)54/h7-39H,1-6H3. The van der Waals surface area contributed by atoms with E-state index >= 15 is 0 Å². The average Bonchev–Trinajstić information content (AvgIpc) is 3.41. The highest BCUT2D eigenvalue weighted by atomic mass is 15.1. The van der Waals surface area contributed by atoms with E-state index in [2.05, 4.69) is 247 Å². The number of hydrogen-bond acceptors (Lipinski definition) is 1. The summed E-state index contributed by atoms with van der Waals surface area (Å²) in [5, 5.41) is 23.6. The van der Waals surface area contributed by atoms with E-state index in [1.165, 1.54) is 181 Å². The minimum atomic E-state index is 1.19. The second-order valence-corrected chi connectivity index (χ2v) is 21.1. The molecular formula is C72H51N. The van der Waals surface area contributed by atoms with Crippen LogP contribution in [-0.2, 0) is 0 Å². The number of rotatable bonds is 6. The predicted molar refractivity (Wildman–Crippen MR) is 317 cm³/mol. The summed E-state index contributed by atoms with van der Waals surface area (Å²) in [5.74, 6) is 0. The smallest absolute Gasteiger partial charge is 0.0494 e. The predicted octanol–water partition coefficient (Wildman–Crippen LogP) is 20.7. The SMILES string of the molecule is Cc1cc(N(c2cc(C)c(-c3cc4cccc5ccc6cccc3c6c54)cc2C)c2cc(C)c(-c3cc4cccc5ccc6cccc3c6c54)cc2C)c(C)cc1-c1ccc2ccc3cccc4ccc1c2c34. The molecule has 0 aliphatic heterocycles. The average molecular weight is 930 g/mol. The van der Waals surface area contributed by atoms with Gasteiger partial charge in [-0.3, -0.25) is 0 Å².